The molecule has 2 rings (SSSR count). The normalized spacial score (nSPS) is 25.1. The van der Waals surface area contributed by atoms with Gasteiger partial charge in [-0.15, -0.1) is 0 Å². The average Bonchev–Trinajstić information content (AvgIpc) is 2.19. The van der Waals surface area contributed by atoms with E-state index in [4.69, 9.17) is 0 Å². The van der Waals surface area contributed by atoms with Gasteiger partial charge in [0.1, 0.15) is 0 Å². The van der Waals surface area contributed by atoms with E-state index in [1.807, 2.05) is 0 Å². The minimum atomic E-state index is -2.73. The first-order chi connectivity index (χ1) is 7.09. The Balaban J connectivity index is 2.28. The van der Waals surface area contributed by atoms with Gasteiger partial charge in [0.05, 0.1) is 5.92 Å². The number of alkyl halides is 2. The van der Waals surface area contributed by atoms with Gasteiger partial charge in [0, 0.05) is 31.9 Å². The highest BCUT2D eigenvalue weighted by Crippen LogP contribution is 2.36. The molecule has 0 aliphatic carbocycles. The van der Waals surface area contributed by atoms with Gasteiger partial charge in [0.2, 0.25) is 0 Å². The number of nitrogens with one attached hydrogen (secondary N) is 2. The molecule has 6 heteroatoms. The summed E-state index contributed by atoms with van der Waals surface area (Å²) >= 11 is 0. The fourth-order valence-corrected chi connectivity index (χ4v) is 1.73. The summed E-state index contributed by atoms with van der Waals surface area (Å²) in [6.45, 7) is 0.529. The second-order valence-corrected chi connectivity index (χ2v) is 3.62. The third kappa shape index (κ3) is 2.04. The molecule has 0 radical (unpaired) electrons. The van der Waals surface area contributed by atoms with Crippen LogP contribution < -0.4 is 11.0 Å². The number of piperidine rings is 1. The van der Waals surface area contributed by atoms with Crippen molar-refractivity contribution in [1.82, 2.24) is 15.3 Å². The van der Waals surface area contributed by atoms with E-state index in [2.05, 4.69) is 15.3 Å². The maximum absolute atomic E-state index is 13.5. The lowest BCUT2D eigenvalue weighted by molar-refractivity contribution is -0.0481. The van der Waals surface area contributed by atoms with Crippen LogP contribution in [0.2, 0.25) is 0 Å². The lowest BCUT2D eigenvalue weighted by Crippen LogP contribution is -2.43. The lowest BCUT2D eigenvalue weighted by atomic mass is 9.90. The van der Waals surface area contributed by atoms with Gasteiger partial charge in [0.25, 0.3) is 5.92 Å². The summed E-state index contributed by atoms with van der Waals surface area (Å²) in [6, 6.07) is 0. The molecule has 1 fully saturated rings. The fourth-order valence-electron chi connectivity index (χ4n) is 1.73. The van der Waals surface area contributed by atoms with Crippen LogP contribution in [0.3, 0.4) is 0 Å². The van der Waals surface area contributed by atoms with Crippen molar-refractivity contribution in [3.05, 3.63) is 28.4 Å². The molecule has 2 N–H and O–H groups in total. The molecule has 1 aliphatic heterocycles. The smallest absolute Gasteiger partial charge is 0.316 e. The van der Waals surface area contributed by atoms with Crippen molar-refractivity contribution >= 4 is 0 Å². The Kier molecular flexibility index (Phi) is 2.52. The zero-order chi connectivity index (χ0) is 10.9. The van der Waals surface area contributed by atoms with Gasteiger partial charge in [-0.25, -0.2) is 18.6 Å². The van der Waals surface area contributed by atoms with Crippen LogP contribution in [0.5, 0.6) is 0 Å². The Morgan fingerprint density at radius 3 is 2.93 bits per heavy atom. The van der Waals surface area contributed by atoms with Crippen LogP contribution in [0.25, 0.3) is 0 Å². The van der Waals surface area contributed by atoms with E-state index in [0.29, 0.717) is 12.1 Å². The van der Waals surface area contributed by atoms with Crippen molar-refractivity contribution in [2.75, 3.05) is 13.1 Å². The fraction of sp³-hybridized carbons (Fsp3) is 0.556. The largest absolute Gasteiger partial charge is 0.344 e. The molecule has 1 atom stereocenters. The van der Waals surface area contributed by atoms with Gasteiger partial charge in [0.15, 0.2) is 0 Å². The number of hydrogen-bond acceptors (Lipinski definition) is 3. The van der Waals surface area contributed by atoms with Gasteiger partial charge in [-0.1, -0.05) is 0 Å². The lowest BCUT2D eigenvalue weighted by Gasteiger charge is -2.31. The number of nitrogens with zero attached hydrogens (tertiary/aromatic N) is 1. The highest BCUT2D eigenvalue weighted by molar-refractivity contribution is 5.16. The molecule has 82 valence electrons. The van der Waals surface area contributed by atoms with Crippen LogP contribution in [0.1, 0.15) is 17.9 Å². The molecule has 2 heterocycles. The molecular formula is C9H11F2N3O. The van der Waals surface area contributed by atoms with Crippen LogP contribution in [0, 0.1) is 0 Å². The summed E-state index contributed by atoms with van der Waals surface area (Å²) < 4.78 is 27.0. The Hall–Kier alpha value is -1.30. The molecule has 15 heavy (non-hydrogen) atoms. The van der Waals surface area contributed by atoms with Crippen molar-refractivity contribution in [2.24, 2.45) is 0 Å². The molecule has 1 aromatic rings. The van der Waals surface area contributed by atoms with Gasteiger partial charge in [-0.3, -0.25) is 0 Å². The van der Waals surface area contributed by atoms with Crippen LogP contribution in [0.15, 0.2) is 17.2 Å². The van der Waals surface area contributed by atoms with E-state index in [1.165, 1.54) is 12.4 Å². The van der Waals surface area contributed by atoms with E-state index in [-0.39, 0.29) is 13.0 Å². The quantitative estimate of drug-likeness (QED) is 0.716. The molecule has 1 aliphatic rings. The SMILES string of the molecule is O=c1ncc(C2CNCCC2(F)F)c[nH]1. The van der Waals surface area contributed by atoms with Crippen molar-refractivity contribution < 1.29 is 8.78 Å². The highest BCUT2D eigenvalue weighted by Gasteiger charge is 2.42. The van der Waals surface area contributed by atoms with Crippen LogP contribution >= 0.6 is 0 Å². The maximum atomic E-state index is 13.5. The molecule has 0 spiro atoms. The third-order valence-electron chi connectivity index (χ3n) is 2.59. The molecule has 4 nitrogen and oxygen atoms in total. The average molecular weight is 215 g/mol. The number of halogens is 2. The molecule has 0 aromatic carbocycles. The summed E-state index contributed by atoms with van der Waals surface area (Å²) in [6.07, 6.45) is 2.34. The Morgan fingerprint density at radius 2 is 2.33 bits per heavy atom. The van der Waals surface area contributed by atoms with Crippen molar-refractivity contribution in [1.29, 1.82) is 0 Å². The predicted octanol–water partition coefficient (Wildman–Crippen LogP) is 0.482. The van der Waals surface area contributed by atoms with E-state index in [0.717, 1.165) is 0 Å². The van der Waals surface area contributed by atoms with E-state index in [9.17, 15) is 13.6 Å². The topological polar surface area (TPSA) is 57.8 Å². The van der Waals surface area contributed by atoms with Crippen LogP contribution in [-0.4, -0.2) is 29.0 Å². The number of hydrogen-bond donors (Lipinski definition) is 2. The summed E-state index contributed by atoms with van der Waals surface area (Å²) in [7, 11) is 0. The first-order valence-corrected chi connectivity index (χ1v) is 4.73. The Bertz CT molecular complexity index is 384. The predicted molar refractivity (Wildman–Crippen MR) is 50.0 cm³/mol. The van der Waals surface area contributed by atoms with Crippen molar-refractivity contribution in [3.8, 4) is 0 Å². The molecule has 1 aromatic heterocycles. The maximum Gasteiger partial charge on any atom is 0.344 e. The second kappa shape index (κ2) is 3.69. The minimum Gasteiger partial charge on any atom is -0.316 e. The van der Waals surface area contributed by atoms with Gasteiger partial charge >= 0.3 is 5.69 Å². The summed E-state index contributed by atoms with van der Waals surface area (Å²) in [4.78, 5) is 16.5. The summed E-state index contributed by atoms with van der Waals surface area (Å²) in [5.74, 6) is -3.64. The summed E-state index contributed by atoms with van der Waals surface area (Å²) in [5.41, 5.74) is -0.155. The second-order valence-electron chi connectivity index (χ2n) is 3.62. The van der Waals surface area contributed by atoms with Crippen molar-refractivity contribution in [3.63, 3.8) is 0 Å². The van der Waals surface area contributed by atoms with Crippen LogP contribution in [-0.2, 0) is 0 Å². The molecule has 1 saturated heterocycles. The van der Waals surface area contributed by atoms with Crippen molar-refractivity contribution in [2.45, 2.75) is 18.3 Å². The number of rotatable bonds is 1. The van der Waals surface area contributed by atoms with Gasteiger partial charge < -0.3 is 10.3 Å². The zero-order valence-corrected chi connectivity index (χ0v) is 7.96. The van der Waals surface area contributed by atoms with E-state index < -0.39 is 17.5 Å². The molecular weight excluding hydrogens is 204 g/mol. The van der Waals surface area contributed by atoms with Gasteiger partial charge in [-0.2, -0.15) is 0 Å². The number of H-pyrrole nitrogens is 1. The zero-order valence-electron chi connectivity index (χ0n) is 7.96. The third-order valence-corrected chi connectivity index (χ3v) is 2.59. The summed E-state index contributed by atoms with van der Waals surface area (Å²) in [5, 5.41) is 2.90. The first kappa shape index (κ1) is 10.2. The highest BCUT2D eigenvalue weighted by atomic mass is 19.3. The Morgan fingerprint density at radius 1 is 1.53 bits per heavy atom. The van der Waals surface area contributed by atoms with Gasteiger partial charge in [-0.05, 0) is 5.56 Å². The molecule has 1 unspecified atom stereocenters. The molecule has 0 amide bonds. The van der Waals surface area contributed by atoms with E-state index in [1.54, 1.807) is 0 Å². The van der Waals surface area contributed by atoms with E-state index >= 15 is 0 Å². The standard InChI is InChI=1S/C9H11F2N3O/c10-9(11)1-2-12-5-7(9)6-3-13-8(15)14-4-6/h3-4,7,12H,1-2,5H2,(H,13,14,15). The minimum absolute atomic E-state index is 0.184. The monoisotopic (exact) mass is 215 g/mol. The number of aromatic nitrogens is 2. The Labute approximate surface area is 84.7 Å². The first-order valence-electron chi connectivity index (χ1n) is 4.73. The molecule has 0 saturated carbocycles. The van der Waals surface area contributed by atoms with Crippen LogP contribution in [0.4, 0.5) is 8.78 Å². The number of aromatic amines is 1. The molecule has 0 bridgehead atoms.